The highest BCUT2D eigenvalue weighted by Crippen LogP contribution is 2.42. The summed E-state index contributed by atoms with van der Waals surface area (Å²) in [6.45, 7) is 2.01. The molecule has 1 aliphatic carbocycles. The van der Waals surface area contributed by atoms with Gasteiger partial charge < -0.3 is 14.5 Å². The number of nitrogens with zero attached hydrogens (tertiary/aromatic N) is 2. The molecule has 3 heterocycles. The van der Waals surface area contributed by atoms with Gasteiger partial charge in [0.15, 0.2) is 0 Å². The molecule has 1 fully saturated rings. The number of hydrogen-bond acceptors (Lipinski definition) is 6. The van der Waals surface area contributed by atoms with Crippen LogP contribution in [0.3, 0.4) is 0 Å². The van der Waals surface area contributed by atoms with Crippen LogP contribution < -0.4 is 10.1 Å². The monoisotopic (exact) mass is 465 g/mol. The predicted molar refractivity (Wildman–Crippen MR) is 136 cm³/mol. The predicted octanol–water partition coefficient (Wildman–Crippen LogP) is 6.56. The van der Waals surface area contributed by atoms with Gasteiger partial charge in [0.2, 0.25) is 0 Å². The highest BCUT2D eigenvalue weighted by atomic mass is 16.5. The molecule has 1 saturated heterocycles. The van der Waals surface area contributed by atoms with Gasteiger partial charge in [-0.2, -0.15) is 4.91 Å². The summed E-state index contributed by atoms with van der Waals surface area (Å²) in [6.07, 6.45) is 7.53. The van der Waals surface area contributed by atoms with Gasteiger partial charge in [-0.1, -0.05) is 23.4 Å². The molecule has 2 aromatic carbocycles. The van der Waals surface area contributed by atoms with Gasteiger partial charge in [-0.25, -0.2) is 0 Å². The minimum atomic E-state index is -0.232. The van der Waals surface area contributed by atoms with Gasteiger partial charge in [-0.05, 0) is 97.9 Å². The van der Waals surface area contributed by atoms with Gasteiger partial charge in [-0.15, -0.1) is 0 Å². The molecular formula is C29H27N3O3. The van der Waals surface area contributed by atoms with Crippen molar-refractivity contribution in [1.82, 2.24) is 10.3 Å². The molecule has 0 radical (unpaired) electrons. The minimum absolute atomic E-state index is 0.232. The van der Waals surface area contributed by atoms with Crippen LogP contribution in [-0.4, -0.2) is 24.2 Å². The van der Waals surface area contributed by atoms with Crippen molar-refractivity contribution in [2.75, 3.05) is 13.1 Å². The molecule has 35 heavy (non-hydrogen) atoms. The SMILES string of the molecule is O=NC1CCc2cc(-c3cc(-c4ccc(OC5CCNCC5)cc4)oc3-c3ccncc3)ccc21. The number of nitroso groups, excluding NO2 is 1. The smallest absolute Gasteiger partial charge is 0.142 e. The first-order chi connectivity index (χ1) is 17.3. The number of fused-ring (bicyclic) bond motifs is 1. The lowest BCUT2D eigenvalue weighted by Crippen LogP contribution is -2.34. The van der Waals surface area contributed by atoms with Gasteiger partial charge in [0, 0.05) is 29.1 Å². The molecule has 0 amide bonds. The molecule has 6 nitrogen and oxygen atoms in total. The molecule has 0 bridgehead atoms. The molecule has 2 aromatic heterocycles. The van der Waals surface area contributed by atoms with Crippen molar-refractivity contribution in [3.8, 4) is 39.5 Å². The minimum Gasteiger partial charge on any atom is -0.490 e. The van der Waals surface area contributed by atoms with Gasteiger partial charge in [0.05, 0.1) is 0 Å². The van der Waals surface area contributed by atoms with E-state index in [4.69, 9.17) is 9.15 Å². The molecule has 6 heteroatoms. The Morgan fingerprint density at radius 2 is 1.66 bits per heavy atom. The van der Waals surface area contributed by atoms with Crippen molar-refractivity contribution in [2.24, 2.45) is 5.18 Å². The number of ether oxygens (including phenoxy) is 1. The normalized spacial score (nSPS) is 17.8. The van der Waals surface area contributed by atoms with Crippen LogP contribution in [0.4, 0.5) is 0 Å². The van der Waals surface area contributed by atoms with Crippen LogP contribution in [0.1, 0.15) is 36.4 Å². The summed E-state index contributed by atoms with van der Waals surface area (Å²) in [5.74, 6) is 2.49. The Kier molecular flexibility index (Phi) is 5.88. The summed E-state index contributed by atoms with van der Waals surface area (Å²) in [5.41, 5.74) is 6.29. The number of piperidine rings is 1. The first kappa shape index (κ1) is 21.7. The van der Waals surface area contributed by atoms with E-state index in [2.05, 4.69) is 45.8 Å². The fourth-order valence-electron chi connectivity index (χ4n) is 5.14. The number of rotatable bonds is 6. The molecule has 1 N–H and O–H groups in total. The van der Waals surface area contributed by atoms with Crippen LogP contribution in [0.15, 0.2) is 82.7 Å². The van der Waals surface area contributed by atoms with E-state index in [1.807, 2.05) is 30.3 Å². The van der Waals surface area contributed by atoms with Crippen molar-refractivity contribution in [2.45, 2.75) is 37.8 Å². The Labute approximate surface area is 204 Å². The van der Waals surface area contributed by atoms with E-state index in [-0.39, 0.29) is 12.1 Å². The maximum Gasteiger partial charge on any atom is 0.142 e. The molecule has 0 saturated carbocycles. The van der Waals surface area contributed by atoms with E-state index in [1.165, 1.54) is 5.56 Å². The highest BCUT2D eigenvalue weighted by molar-refractivity contribution is 5.84. The number of aryl methyl sites for hydroxylation is 1. The lowest BCUT2D eigenvalue weighted by atomic mass is 9.97. The number of pyridine rings is 1. The van der Waals surface area contributed by atoms with Crippen LogP contribution in [0, 0.1) is 4.91 Å². The average Bonchev–Trinajstić information content (AvgIpc) is 3.54. The Bertz CT molecular complexity index is 1330. The zero-order chi connectivity index (χ0) is 23.6. The Morgan fingerprint density at radius 1 is 0.886 bits per heavy atom. The first-order valence-electron chi connectivity index (χ1n) is 12.3. The second kappa shape index (κ2) is 9.47. The van der Waals surface area contributed by atoms with Crippen molar-refractivity contribution >= 4 is 0 Å². The summed E-state index contributed by atoms with van der Waals surface area (Å²) >= 11 is 0. The summed E-state index contributed by atoms with van der Waals surface area (Å²) < 4.78 is 12.6. The topological polar surface area (TPSA) is 76.7 Å². The number of hydrogen-bond donors (Lipinski definition) is 1. The van der Waals surface area contributed by atoms with E-state index < -0.39 is 0 Å². The van der Waals surface area contributed by atoms with Gasteiger partial charge in [0.1, 0.15) is 29.4 Å². The summed E-state index contributed by atoms with van der Waals surface area (Å²) in [6, 6.07) is 20.2. The van der Waals surface area contributed by atoms with Crippen LogP contribution in [-0.2, 0) is 6.42 Å². The van der Waals surface area contributed by atoms with Crippen molar-refractivity contribution in [1.29, 1.82) is 0 Å². The molecule has 176 valence electrons. The van der Waals surface area contributed by atoms with Crippen LogP contribution in [0.25, 0.3) is 33.8 Å². The number of aromatic nitrogens is 1. The number of nitrogens with one attached hydrogen (secondary N) is 1. The maximum absolute atomic E-state index is 11.2. The van der Waals surface area contributed by atoms with Crippen molar-refractivity contribution in [3.63, 3.8) is 0 Å². The van der Waals surface area contributed by atoms with Crippen molar-refractivity contribution in [3.05, 3.63) is 89.1 Å². The Balaban J connectivity index is 1.34. The van der Waals surface area contributed by atoms with Crippen LogP contribution in [0.5, 0.6) is 5.75 Å². The molecule has 1 atom stereocenters. The van der Waals surface area contributed by atoms with E-state index in [0.29, 0.717) is 0 Å². The first-order valence-corrected chi connectivity index (χ1v) is 12.3. The summed E-state index contributed by atoms with van der Waals surface area (Å²) in [5, 5.41) is 6.66. The largest absolute Gasteiger partial charge is 0.490 e. The Hall–Kier alpha value is -3.77. The third-order valence-corrected chi connectivity index (χ3v) is 7.03. The quantitative estimate of drug-likeness (QED) is 0.326. The number of furan rings is 1. The van der Waals surface area contributed by atoms with Gasteiger partial charge in [0.25, 0.3) is 0 Å². The highest BCUT2D eigenvalue weighted by Gasteiger charge is 2.25. The molecule has 4 aromatic rings. The zero-order valence-electron chi connectivity index (χ0n) is 19.4. The van der Waals surface area contributed by atoms with E-state index in [9.17, 15) is 4.91 Å². The fourth-order valence-corrected chi connectivity index (χ4v) is 5.14. The van der Waals surface area contributed by atoms with Gasteiger partial charge >= 0.3 is 0 Å². The summed E-state index contributed by atoms with van der Waals surface area (Å²) in [7, 11) is 0. The molecule has 1 aliphatic heterocycles. The molecule has 2 aliphatic rings. The second-order valence-corrected chi connectivity index (χ2v) is 9.25. The number of benzene rings is 2. The molecule has 6 rings (SSSR count). The lowest BCUT2D eigenvalue weighted by molar-refractivity contribution is 0.162. The van der Waals surface area contributed by atoms with Crippen LogP contribution >= 0.6 is 0 Å². The molecule has 1 unspecified atom stereocenters. The van der Waals surface area contributed by atoms with Crippen LogP contribution in [0.2, 0.25) is 0 Å². The van der Waals surface area contributed by atoms with E-state index >= 15 is 0 Å². The molecule has 0 spiro atoms. The zero-order valence-corrected chi connectivity index (χ0v) is 19.4. The second-order valence-electron chi connectivity index (χ2n) is 9.25. The molecular weight excluding hydrogens is 438 g/mol. The third kappa shape index (κ3) is 4.37. The lowest BCUT2D eigenvalue weighted by Gasteiger charge is -2.23. The van der Waals surface area contributed by atoms with E-state index in [1.54, 1.807) is 12.4 Å². The summed E-state index contributed by atoms with van der Waals surface area (Å²) in [4.78, 5) is 15.3. The fraction of sp³-hybridized carbons (Fsp3) is 0.276. The third-order valence-electron chi connectivity index (χ3n) is 7.03. The maximum atomic E-state index is 11.2. The van der Waals surface area contributed by atoms with Gasteiger partial charge in [-0.3, -0.25) is 4.98 Å². The standard InChI is InChI=1S/C29H27N3O3/c33-32-27-8-4-21-17-22(3-7-25(21)27)26-18-28(35-29(26)20-9-13-30-14-10-20)19-1-5-23(6-2-19)34-24-11-15-31-16-12-24/h1-3,5-7,9-10,13-14,17-18,24,27,31H,4,8,11-12,15-16H2. The van der Waals surface area contributed by atoms with E-state index in [0.717, 1.165) is 83.9 Å². The van der Waals surface area contributed by atoms with Crippen molar-refractivity contribution < 1.29 is 9.15 Å². The average molecular weight is 466 g/mol. The Morgan fingerprint density at radius 3 is 2.43 bits per heavy atom.